The Hall–Kier alpha value is -0.151. The van der Waals surface area contributed by atoms with Gasteiger partial charge in [0.2, 0.25) is 0 Å². The SMILES string of the molecule is N.O.[C-]#N.[C-]#N.[C-]#N.[C-]#N.[C-]#N.[Fe+2].[NH4+].[Na+].[Na+]. The van der Waals surface area contributed by atoms with Crippen LogP contribution in [-0.4, -0.2) is 5.48 Å². The van der Waals surface area contributed by atoms with E-state index in [4.69, 9.17) is 59.2 Å². The predicted octanol–water partition coefficient (Wildman–Crippen LogP) is -5.80. The molecule has 0 saturated heterocycles. The van der Waals surface area contributed by atoms with E-state index in [-0.39, 0.29) is 94.0 Å². The van der Waals surface area contributed by atoms with E-state index in [1.165, 1.54) is 0 Å². The van der Waals surface area contributed by atoms with Gasteiger partial charge in [-0.1, -0.05) is 0 Å². The van der Waals surface area contributed by atoms with Crippen molar-refractivity contribution in [2.24, 2.45) is 0 Å². The van der Waals surface area contributed by atoms with Crippen LogP contribution in [-0.2, 0) is 17.1 Å². The van der Waals surface area contributed by atoms with Crippen molar-refractivity contribution >= 4 is 0 Å². The second-order valence-corrected chi connectivity index (χ2v) is 0. The van der Waals surface area contributed by atoms with Gasteiger partial charge in [0.1, 0.15) is 0 Å². The van der Waals surface area contributed by atoms with Crippen LogP contribution in [0.4, 0.5) is 0 Å². The molecule has 0 unspecified atom stereocenters. The van der Waals surface area contributed by atoms with Crippen molar-refractivity contribution in [1.82, 2.24) is 12.3 Å². The first-order chi connectivity index (χ1) is 5.00. The summed E-state index contributed by atoms with van der Waals surface area (Å²) < 4.78 is 0. The van der Waals surface area contributed by atoms with Crippen molar-refractivity contribution in [3.63, 3.8) is 0 Å². The molecule has 0 aromatic heterocycles. The maximum Gasteiger partial charge on any atom is 2.00 e. The average Bonchev–Trinajstić information content (AvgIpc) is 2.20. The predicted molar refractivity (Wildman–Crippen MR) is 39.5 cm³/mol. The van der Waals surface area contributed by atoms with Crippen LogP contribution in [0.2, 0.25) is 0 Å². The van der Waals surface area contributed by atoms with Crippen LogP contribution in [0.25, 0.3) is 0 Å². The van der Waals surface area contributed by atoms with Gasteiger partial charge >= 0.3 is 76.2 Å². The van der Waals surface area contributed by atoms with Gasteiger partial charge in [-0.05, 0) is 0 Å². The van der Waals surface area contributed by atoms with Crippen molar-refractivity contribution in [1.29, 1.82) is 26.3 Å². The van der Waals surface area contributed by atoms with Crippen LogP contribution in [0.1, 0.15) is 0 Å². The molecule has 9 N–H and O–H groups in total. The molecule has 11 heteroatoms. The zero-order valence-electron chi connectivity index (χ0n) is 9.30. The van der Waals surface area contributed by atoms with Crippen LogP contribution >= 0.6 is 0 Å². The van der Waals surface area contributed by atoms with Crippen LogP contribution < -0.4 is 71.4 Å². The Labute approximate surface area is 151 Å². The average molecular weight is 285 g/mol. The summed E-state index contributed by atoms with van der Waals surface area (Å²) in [5.41, 5.74) is 0. The molecule has 0 aromatic carbocycles. The third kappa shape index (κ3) is 101000. The molecule has 0 fully saturated rings. The summed E-state index contributed by atoms with van der Waals surface area (Å²) in [6.07, 6.45) is 0. The Kier molecular flexibility index (Phi) is 1170000. The van der Waals surface area contributed by atoms with E-state index in [9.17, 15) is 0 Å². The van der Waals surface area contributed by atoms with Crippen molar-refractivity contribution in [3.8, 4) is 0 Å². The Morgan fingerprint density at radius 1 is 0.500 bits per heavy atom. The first kappa shape index (κ1) is 149. The molecule has 8 nitrogen and oxygen atoms in total. The summed E-state index contributed by atoms with van der Waals surface area (Å²) in [4.78, 5) is 0. The normalized spacial score (nSPS) is 0.625. The molecule has 16 heavy (non-hydrogen) atoms. The molecular weight excluding hydrogens is 276 g/mol. The molecule has 0 bridgehead atoms. The van der Waals surface area contributed by atoms with E-state index in [2.05, 4.69) is 0 Å². The fourth-order valence-electron chi connectivity index (χ4n) is 0. The van der Waals surface area contributed by atoms with Gasteiger partial charge in [-0.25, -0.2) is 0 Å². The summed E-state index contributed by atoms with van der Waals surface area (Å²) in [5, 5.41) is 31.2. The molecule has 0 rings (SSSR count). The van der Waals surface area contributed by atoms with Gasteiger partial charge in [0.25, 0.3) is 0 Å². The largest absolute Gasteiger partial charge is 2.00 e. The third-order valence-corrected chi connectivity index (χ3v) is 0. The van der Waals surface area contributed by atoms with Crippen LogP contribution in [0.15, 0.2) is 0 Å². The standard InChI is InChI=1S/5CN.Fe.2H3N.2Na.H2O/c5*1-2;;;;;;/h;;;;;;2*1H3;;;1H2/q5*-1;+2;;;2*+1;/p+1. The smallest absolute Gasteiger partial charge is 0.512 e. The van der Waals surface area contributed by atoms with Crippen LogP contribution in [0, 0.1) is 59.2 Å². The Balaban J connectivity index is -0.00000000198. The first-order valence-corrected chi connectivity index (χ1v) is 1.12. The second kappa shape index (κ2) is 126000. The Morgan fingerprint density at radius 3 is 0.500 bits per heavy atom. The quantitative estimate of drug-likeness (QED) is 0.325. The molecule has 0 atom stereocenters. The maximum absolute atomic E-state index is 6.25. The van der Waals surface area contributed by atoms with Crippen LogP contribution in [0.5, 0.6) is 0 Å². The van der Waals surface area contributed by atoms with Gasteiger partial charge in [0.15, 0.2) is 0 Å². The van der Waals surface area contributed by atoms with Gasteiger partial charge in [-0.15, -0.1) is 0 Å². The molecule has 0 saturated carbocycles. The monoisotopic (exact) mass is 285 g/mol. The fraction of sp³-hybridized carbons (Fsp3) is 0. The summed E-state index contributed by atoms with van der Waals surface area (Å²) in [6.45, 7) is 23.8. The second-order valence-electron chi connectivity index (χ2n) is 0. The Morgan fingerprint density at radius 2 is 0.500 bits per heavy atom. The van der Waals surface area contributed by atoms with E-state index >= 15 is 0 Å². The van der Waals surface area contributed by atoms with E-state index in [0.29, 0.717) is 0 Å². The molecule has 0 heterocycles. The summed E-state index contributed by atoms with van der Waals surface area (Å²) in [5.74, 6) is 0. The molecule has 0 aliphatic carbocycles. The zero-order valence-corrected chi connectivity index (χ0v) is 14.4. The first-order valence-electron chi connectivity index (χ1n) is 1.12. The van der Waals surface area contributed by atoms with E-state index in [0.717, 1.165) is 0 Å². The fourth-order valence-corrected chi connectivity index (χ4v) is 0. The number of hydrogen-bond donors (Lipinski definition) is 2. The van der Waals surface area contributed by atoms with Gasteiger partial charge in [-0.2, -0.15) is 0 Å². The molecule has 0 radical (unpaired) electrons. The maximum atomic E-state index is 6.25. The van der Waals surface area contributed by atoms with Gasteiger partial charge in [0.05, 0.1) is 0 Å². The van der Waals surface area contributed by atoms with Gasteiger partial charge in [0, 0.05) is 0 Å². The minimum atomic E-state index is 0. The number of quaternary nitrogens is 1. The molecule has 0 spiro atoms. The third-order valence-electron chi connectivity index (χ3n) is 0. The summed E-state index contributed by atoms with van der Waals surface area (Å²) >= 11 is 0. The molecule has 0 amide bonds. The van der Waals surface area contributed by atoms with Crippen LogP contribution in [0.3, 0.4) is 0 Å². The van der Waals surface area contributed by atoms with Crippen molar-refractivity contribution < 1.29 is 81.7 Å². The topological polar surface area (TPSA) is 222 Å². The van der Waals surface area contributed by atoms with Gasteiger partial charge < -0.3 is 76.9 Å². The van der Waals surface area contributed by atoms with Crippen molar-refractivity contribution in [2.45, 2.75) is 0 Å². The van der Waals surface area contributed by atoms with Crippen molar-refractivity contribution in [3.05, 3.63) is 32.9 Å². The van der Waals surface area contributed by atoms with Gasteiger partial charge in [-0.3, -0.25) is 0 Å². The minimum absolute atomic E-state index is 0. The minimum Gasteiger partial charge on any atom is -0.512 e. The molecule has 80 valence electrons. The van der Waals surface area contributed by atoms with E-state index in [1.54, 1.807) is 0 Å². The van der Waals surface area contributed by atoms with E-state index in [1.807, 2.05) is 0 Å². The molecule has 0 aromatic rings. The summed E-state index contributed by atoms with van der Waals surface area (Å²) in [6, 6.07) is 0. The number of nitrogens with zero attached hydrogens (tertiary/aromatic N) is 5. The summed E-state index contributed by atoms with van der Waals surface area (Å²) in [7, 11) is 0. The van der Waals surface area contributed by atoms with Crippen molar-refractivity contribution in [2.75, 3.05) is 0 Å². The molecule has 0 aliphatic heterocycles. The zero-order chi connectivity index (χ0) is 10.0. The molecular formula is C5H9FeN7Na2O. The number of rotatable bonds is 0. The van der Waals surface area contributed by atoms with E-state index < -0.39 is 0 Å². The number of hydrogen-bond acceptors (Lipinski definition) is 6. The Bertz CT molecular complexity index is 89.3. The molecule has 0 aliphatic rings.